The number of likely N-dealkylation sites (tertiary alicyclic amines) is 1. The van der Waals surface area contributed by atoms with Crippen molar-refractivity contribution in [2.45, 2.75) is 32.7 Å². The Morgan fingerprint density at radius 3 is 2.83 bits per heavy atom. The zero-order chi connectivity index (χ0) is 13.5. The van der Waals surface area contributed by atoms with Crippen LogP contribution in [0.25, 0.3) is 0 Å². The molecule has 1 fully saturated rings. The zero-order valence-corrected chi connectivity index (χ0v) is 11.7. The van der Waals surface area contributed by atoms with Crippen LogP contribution in [0.2, 0.25) is 0 Å². The Balaban J connectivity index is 2.48. The lowest BCUT2D eigenvalue weighted by molar-refractivity contribution is -0.125. The van der Waals surface area contributed by atoms with E-state index in [-0.39, 0.29) is 5.91 Å². The summed E-state index contributed by atoms with van der Waals surface area (Å²) in [5.74, 6) is 0.519. The first-order chi connectivity index (χ1) is 8.56. The summed E-state index contributed by atoms with van der Waals surface area (Å²) in [6.45, 7) is 5.33. The first-order valence-electron chi connectivity index (χ1n) is 6.33. The molecule has 2 amide bonds. The molecule has 1 N–H and O–H groups in total. The van der Waals surface area contributed by atoms with Gasteiger partial charge in [-0.2, -0.15) is 0 Å². The van der Waals surface area contributed by atoms with Crippen molar-refractivity contribution in [2.75, 3.05) is 25.6 Å². The molecule has 1 aliphatic heterocycles. The molecule has 0 aromatic carbocycles. The summed E-state index contributed by atoms with van der Waals surface area (Å²) in [5.41, 5.74) is 0. The van der Waals surface area contributed by atoms with E-state index in [0.29, 0.717) is 37.9 Å². The smallest absolute Gasteiger partial charge is 0.410 e. The Hall–Kier alpha value is -0.970. The van der Waals surface area contributed by atoms with E-state index >= 15 is 0 Å². The highest BCUT2D eigenvalue weighted by atomic mass is 35.5. The lowest BCUT2D eigenvalue weighted by atomic mass is 10.2. The molecule has 0 aliphatic carbocycles. The fraction of sp³-hybridized carbons (Fsp3) is 0.833. The van der Waals surface area contributed by atoms with Crippen LogP contribution < -0.4 is 5.32 Å². The van der Waals surface area contributed by atoms with Crippen LogP contribution >= 0.6 is 11.6 Å². The second-order valence-electron chi connectivity index (χ2n) is 4.80. The van der Waals surface area contributed by atoms with E-state index in [1.807, 2.05) is 13.8 Å². The number of nitrogens with zero attached hydrogens (tertiary/aromatic N) is 1. The molecule has 0 spiro atoms. The van der Waals surface area contributed by atoms with Crippen molar-refractivity contribution < 1.29 is 14.3 Å². The highest BCUT2D eigenvalue weighted by molar-refractivity contribution is 6.18. The molecule has 0 bridgehead atoms. The van der Waals surface area contributed by atoms with Crippen LogP contribution in [0, 0.1) is 5.92 Å². The number of ether oxygens (including phenoxy) is 1. The van der Waals surface area contributed by atoms with Crippen LogP contribution in [0.4, 0.5) is 4.79 Å². The maximum Gasteiger partial charge on any atom is 0.410 e. The van der Waals surface area contributed by atoms with Crippen molar-refractivity contribution >= 4 is 23.6 Å². The molecule has 1 heterocycles. The fourth-order valence-electron chi connectivity index (χ4n) is 1.87. The van der Waals surface area contributed by atoms with Gasteiger partial charge in [-0.15, -0.1) is 11.6 Å². The van der Waals surface area contributed by atoms with E-state index in [0.717, 1.165) is 6.42 Å². The van der Waals surface area contributed by atoms with Gasteiger partial charge in [0.05, 0.1) is 6.61 Å². The van der Waals surface area contributed by atoms with Gasteiger partial charge in [0.2, 0.25) is 5.91 Å². The van der Waals surface area contributed by atoms with Gasteiger partial charge in [0, 0.05) is 19.0 Å². The van der Waals surface area contributed by atoms with Gasteiger partial charge in [-0.1, -0.05) is 13.8 Å². The summed E-state index contributed by atoms with van der Waals surface area (Å²) >= 11 is 5.52. The van der Waals surface area contributed by atoms with E-state index in [1.54, 1.807) is 0 Å². The molecule has 1 atom stereocenters. The number of carbonyl (C=O) groups is 2. The van der Waals surface area contributed by atoms with Gasteiger partial charge in [0.1, 0.15) is 6.04 Å². The van der Waals surface area contributed by atoms with Crippen molar-refractivity contribution in [1.82, 2.24) is 10.2 Å². The number of alkyl halides is 1. The Bertz CT molecular complexity index is 297. The molecule has 1 rings (SSSR count). The van der Waals surface area contributed by atoms with Crippen molar-refractivity contribution in [1.29, 1.82) is 0 Å². The Morgan fingerprint density at radius 2 is 2.22 bits per heavy atom. The Labute approximate surface area is 113 Å². The van der Waals surface area contributed by atoms with Crippen LogP contribution in [0.5, 0.6) is 0 Å². The molecule has 0 aromatic heterocycles. The number of hydrogen-bond donors (Lipinski definition) is 1. The molecule has 1 aliphatic rings. The maximum atomic E-state index is 11.8. The molecule has 5 nitrogen and oxygen atoms in total. The summed E-state index contributed by atoms with van der Waals surface area (Å²) in [7, 11) is 0. The van der Waals surface area contributed by atoms with Gasteiger partial charge in [-0.05, 0) is 18.8 Å². The number of amides is 2. The summed E-state index contributed by atoms with van der Waals surface area (Å²) in [6, 6.07) is -0.409. The number of halogens is 1. The van der Waals surface area contributed by atoms with E-state index in [4.69, 9.17) is 16.3 Å². The summed E-state index contributed by atoms with van der Waals surface area (Å²) in [4.78, 5) is 25.2. The zero-order valence-electron chi connectivity index (χ0n) is 10.9. The summed E-state index contributed by atoms with van der Waals surface area (Å²) < 4.78 is 5.15. The molecule has 0 radical (unpaired) electrons. The molecule has 6 heteroatoms. The van der Waals surface area contributed by atoms with Crippen LogP contribution in [-0.4, -0.2) is 48.5 Å². The van der Waals surface area contributed by atoms with Crippen LogP contribution in [-0.2, 0) is 9.53 Å². The highest BCUT2D eigenvalue weighted by Gasteiger charge is 2.34. The van der Waals surface area contributed by atoms with E-state index in [2.05, 4.69) is 5.32 Å². The molecular weight excluding hydrogens is 256 g/mol. The third-order valence-corrected chi connectivity index (χ3v) is 2.91. The van der Waals surface area contributed by atoms with Gasteiger partial charge >= 0.3 is 6.09 Å². The average molecular weight is 277 g/mol. The van der Waals surface area contributed by atoms with Crippen molar-refractivity contribution in [2.24, 2.45) is 5.92 Å². The lowest BCUT2D eigenvalue weighted by Gasteiger charge is -2.23. The molecule has 18 heavy (non-hydrogen) atoms. The first kappa shape index (κ1) is 15.1. The predicted octanol–water partition coefficient (Wildman–Crippen LogP) is 1.60. The molecular formula is C12H21ClN2O3. The molecule has 104 valence electrons. The van der Waals surface area contributed by atoms with E-state index in [9.17, 15) is 9.59 Å². The minimum atomic E-state index is -0.409. The molecule has 0 saturated carbocycles. The topological polar surface area (TPSA) is 58.6 Å². The number of nitrogens with one attached hydrogen (secondary N) is 1. The summed E-state index contributed by atoms with van der Waals surface area (Å²) in [5, 5.41) is 2.70. The van der Waals surface area contributed by atoms with Crippen molar-refractivity contribution in [3.05, 3.63) is 0 Å². The van der Waals surface area contributed by atoms with Gasteiger partial charge < -0.3 is 10.1 Å². The average Bonchev–Trinajstić information content (AvgIpc) is 2.82. The maximum absolute atomic E-state index is 11.8. The van der Waals surface area contributed by atoms with E-state index in [1.165, 1.54) is 4.90 Å². The second-order valence-corrected chi connectivity index (χ2v) is 5.18. The van der Waals surface area contributed by atoms with Crippen molar-refractivity contribution in [3.63, 3.8) is 0 Å². The third kappa shape index (κ3) is 4.37. The molecule has 0 aromatic rings. The van der Waals surface area contributed by atoms with Gasteiger partial charge in [-0.3, -0.25) is 9.69 Å². The first-order valence-corrected chi connectivity index (χ1v) is 6.86. The Morgan fingerprint density at radius 1 is 1.50 bits per heavy atom. The predicted molar refractivity (Wildman–Crippen MR) is 69.6 cm³/mol. The molecule has 0 unspecified atom stereocenters. The van der Waals surface area contributed by atoms with Crippen molar-refractivity contribution in [3.8, 4) is 0 Å². The third-order valence-electron chi connectivity index (χ3n) is 2.72. The normalized spacial score (nSPS) is 19.1. The van der Waals surface area contributed by atoms with Gasteiger partial charge in [0.15, 0.2) is 0 Å². The largest absolute Gasteiger partial charge is 0.449 e. The quantitative estimate of drug-likeness (QED) is 0.776. The number of rotatable bonds is 5. The van der Waals surface area contributed by atoms with E-state index < -0.39 is 12.1 Å². The number of carbonyl (C=O) groups excluding carboxylic acids is 2. The number of hydrogen-bond acceptors (Lipinski definition) is 3. The summed E-state index contributed by atoms with van der Waals surface area (Å²) in [6.07, 6.45) is 1.12. The monoisotopic (exact) mass is 276 g/mol. The fourth-order valence-corrected chi connectivity index (χ4v) is 1.96. The Kier molecular flexibility index (Phi) is 6.25. The van der Waals surface area contributed by atoms with Crippen LogP contribution in [0.1, 0.15) is 26.7 Å². The minimum absolute atomic E-state index is 0.144. The minimum Gasteiger partial charge on any atom is -0.449 e. The highest BCUT2D eigenvalue weighted by Crippen LogP contribution is 2.18. The second kappa shape index (κ2) is 7.46. The van der Waals surface area contributed by atoms with Crippen LogP contribution in [0.15, 0.2) is 0 Å². The van der Waals surface area contributed by atoms with Gasteiger partial charge in [-0.25, -0.2) is 4.79 Å². The van der Waals surface area contributed by atoms with Crippen LogP contribution in [0.3, 0.4) is 0 Å². The lowest BCUT2D eigenvalue weighted by Crippen LogP contribution is -2.46. The van der Waals surface area contributed by atoms with Gasteiger partial charge in [0.25, 0.3) is 0 Å². The molecule has 1 saturated heterocycles. The standard InChI is InChI=1S/C12H21ClN2O3/c1-9(2)8-18-12(17)15-7-3-4-10(15)11(16)14-6-5-13/h9-10H,3-8H2,1-2H3,(H,14,16)/t10-/m0/s1. The SMILES string of the molecule is CC(C)COC(=O)N1CCC[C@H]1C(=O)NCCCl.